The summed E-state index contributed by atoms with van der Waals surface area (Å²) >= 11 is 5.51. The maximum Gasteiger partial charge on any atom is 0.294 e. The van der Waals surface area contributed by atoms with E-state index in [1.807, 2.05) is 0 Å². The third-order valence-electron chi connectivity index (χ3n) is 2.33. The molecule has 0 atom stereocenters. The van der Waals surface area contributed by atoms with E-state index in [2.05, 4.69) is 5.32 Å². The number of hydrogen-bond acceptors (Lipinski definition) is 4. The molecule has 0 saturated heterocycles. The normalized spacial score (nSPS) is 10.4. The first-order chi connectivity index (χ1) is 8.56. The van der Waals surface area contributed by atoms with Gasteiger partial charge in [0.1, 0.15) is 11.5 Å². The maximum atomic E-state index is 13.2. The number of benzene rings is 1. The number of nitrogens with zero attached hydrogens (tertiary/aromatic N) is 1. The molecule has 1 rings (SSSR count). The van der Waals surface area contributed by atoms with Gasteiger partial charge < -0.3 is 10.1 Å². The molecule has 0 saturated carbocycles. The molecule has 0 aromatic heterocycles. The number of nitrogens with one attached hydrogen (secondary N) is 1. The van der Waals surface area contributed by atoms with Crippen molar-refractivity contribution < 1.29 is 14.1 Å². The Kier molecular flexibility index (Phi) is 5.80. The molecule has 0 aliphatic rings. The average molecular weight is 277 g/mol. The molecule has 100 valence electrons. The van der Waals surface area contributed by atoms with Crippen LogP contribution in [0.4, 0.5) is 15.8 Å². The lowest BCUT2D eigenvalue weighted by Gasteiger charge is -2.07. The highest BCUT2D eigenvalue weighted by molar-refractivity contribution is 6.31. The molecule has 1 aromatic carbocycles. The Bertz CT molecular complexity index is 429. The molecule has 0 fully saturated rings. The van der Waals surface area contributed by atoms with Crippen LogP contribution in [0.2, 0.25) is 5.02 Å². The number of ether oxygens (including phenoxy) is 1. The summed E-state index contributed by atoms with van der Waals surface area (Å²) in [5.74, 6) is -0.679. The minimum atomic E-state index is -0.679. The van der Waals surface area contributed by atoms with E-state index < -0.39 is 10.7 Å². The van der Waals surface area contributed by atoms with Gasteiger partial charge in [0.2, 0.25) is 0 Å². The monoisotopic (exact) mass is 276 g/mol. The van der Waals surface area contributed by atoms with E-state index in [0.717, 1.165) is 25.0 Å². The second-order valence-corrected chi connectivity index (χ2v) is 4.07. The standard InChI is InChI=1S/C11H14ClFN2O3/c1-18-5-3-2-4-14-10-7-9(13)8(12)6-11(10)15(16)17/h6-7,14H,2-5H2,1H3. The molecule has 0 aliphatic heterocycles. The number of unbranched alkanes of at least 4 members (excludes halogenated alkanes) is 1. The Morgan fingerprint density at radius 3 is 2.83 bits per heavy atom. The van der Waals surface area contributed by atoms with Crippen LogP contribution in [0.3, 0.4) is 0 Å². The van der Waals surface area contributed by atoms with Crippen molar-refractivity contribution in [3.63, 3.8) is 0 Å². The van der Waals surface area contributed by atoms with Gasteiger partial charge in [0, 0.05) is 32.4 Å². The molecule has 5 nitrogen and oxygen atoms in total. The van der Waals surface area contributed by atoms with Crippen LogP contribution in [-0.2, 0) is 4.74 Å². The first kappa shape index (κ1) is 14.7. The predicted octanol–water partition coefficient (Wildman–Crippen LogP) is 3.23. The summed E-state index contributed by atoms with van der Waals surface area (Å²) in [4.78, 5) is 10.2. The highest BCUT2D eigenvalue weighted by atomic mass is 35.5. The minimum Gasteiger partial charge on any atom is -0.385 e. The molecule has 0 unspecified atom stereocenters. The molecule has 7 heteroatoms. The third-order valence-corrected chi connectivity index (χ3v) is 2.62. The summed E-state index contributed by atoms with van der Waals surface area (Å²) in [6, 6.07) is 2.05. The largest absolute Gasteiger partial charge is 0.385 e. The SMILES string of the molecule is COCCCCNc1cc(F)c(Cl)cc1[N+](=O)[O-]. The Morgan fingerprint density at radius 1 is 1.50 bits per heavy atom. The van der Waals surface area contributed by atoms with Crippen molar-refractivity contribution >= 4 is 23.0 Å². The van der Waals surface area contributed by atoms with E-state index in [4.69, 9.17) is 16.3 Å². The molecule has 0 spiro atoms. The van der Waals surface area contributed by atoms with Crippen LogP contribution in [0.25, 0.3) is 0 Å². The van der Waals surface area contributed by atoms with Crippen molar-refractivity contribution in [2.75, 3.05) is 25.6 Å². The smallest absolute Gasteiger partial charge is 0.294 e. The van der Waals surface area contributed by atoms with Crippen LogP contribution in [0.15, 0.2) is 12.1 Å². The van der Waals surface area contributed by atoms with E-state index in [-0.39, 0.29) is 16.4 Å². The summed E-state index contributed by atoms with van der Waals surface area (Å²) in [6.07, 6.45) is 1.60. The number of methoxy groups -OCH3 is 1. The van der Waals surface area contributed by atoms with Gasteiger partial charge in [-0.2, -0.15) is 0 Å². The lowest BCUT2D eigenvalue weighted by Crippen LogP contribution is -2.06. The fourth-order valence-electron chi connectivity index (χ4n) is 1.42. The first-order valence-electron chi connectivity index (χ1n) is 5.42. The van der Waals surface area contributed by atoms with E-state index >= 15 is 0 Å². The zero-order valence-corrected chi connectivity index (χ0v) is 10.7. The van der Waals surface area contributed by atoms with Gasteiger partial charge in [0.15, 0.2) is 0 Å². The molecule has 18 heavy (non-hydrogen) atoms. The number of halogens is 2. The van der Waals surface area contributed by atoms with Gasteiger partial charge in [-0.3, -0.25) is 10.1 Å². The van der Waals surface area contributed by atoms with Crippen LogP contribution < -0.4 is 5.32 Å². The summed E-state index contributed by atoms with van der Waals surface area (Å²) in [7, 11) is 1.60. The summed E-state index contributed by atoms with van der Waals surface area (Å²) in [5.41, 5.74) is -0.0903. The quantitative estimate of drug-likeness (QED) is 0.472. The number of nitro benzene ring substituents is 1. The van der Waals surface area contributed by atoms with Crippen molar-refractivity contribution in [3.8, 4) is 0 Å². The van der Waals surface area contributed by atoms with Crippen molar-refractivity contribution in [2.45, 2.75) is 12.8 Å². The lowest BCUT2D eigenvalue weighted by molar-refractivity contribution is -0.384. The summed E-state index contributed by atoms with van der Waals surface area (Å²) < 4.78 is 18.1. The second-order valence-electron chi connectivity index (χ2n) is 3.67. The fraction of sp³-hybridized carbons (Fsp3) is 0.455. The van der Waals surface area contributed by atoms with Crippen LogP contribution in [0.5, 0.6) is 0 Å². The summed E-state index contributed by atoms with van der Waals surface area (Å²) in [6.45, 7) is 1.13. The molecule has 0 amide bonds. The zero-order valence-electron chi connectivity index (χ0n) is 9.91. The number of rotatable bonds is 7. The molecule has 1 aromatic rings. The van der Waals surface area contributed by atoms with Crippen molar-refractivity contribution in [3.05, 3.63) is 33.1 Å². The Balaban J connectivity index is 2.68. The first-order valence-corrected chi connectivity index (χ1v) is 5.80. The lowest BCUT2D eigenvalue weighted by atomic mass is 10.2. The number of anilines is 1. The van der Waals surface area contributed by atoms with Crippen LogP contribution in [0, 0.1) is 15.9 Å². The van der Waals surface area contributed by atoms with Gasteiger partial charge in [0.25, 0.3) is 5.69 Å². The topological polar surface area (TPSA) is 64.4 Å². The number of hydrogen-bond donors (Lipinski definition) is 1. The van der Waals surface area contributed by atoms with Crippen LogP contribution in [-0.4, -0.2) is 25.2 Å². The predicted molar refractivity (Wildman–Crippen MR) is 67.7 cm³/mol. The van der Waals surface area contributed by atoms with Crippen LogP contribution in [0.1, 0.15) is 12.8 Å². The Morgan fingerprint density at radius 2 is 2.22 bits per heavy atom. The molecule has 0 bridgehead atoms. The molecular formula is C11H14ClFN2O3. The fourth-order valence-corrected chi connectivity index (χ4v) is 1.58. The molecular weight excluding hydrogens is 263 g/mol. The van der Waals surface area contributed by atoms with Crippen molar-refractivity contribution in [1.29, 1.82) is 0 Å². The Labute approximate surface area is 109 Å². The molecule has 1 N–H and O–H groups in total. The average Bonchev–Trinajstić information content (AvgIpc) is 2.32. The second kappa shape index (κ2) is 7.13. The van der Waals surface area contributed by atoms with E-state index in [1.54, 1.807) is 7.11 Å². The van der Waals surface area contributed by atoms with E-state index in [1.165, 1.54) is 0 Å². The summed E-state index contributed by atoms with van der Waals surface area (Å²) in [5, 5.41) is 13.4. The maximum absolute atomic E-state index is 13.2. The zero-order chi connectivity index (χ0) is 13.5. The minimum absolute atomic E-state index is 0.138. The van der Waals surface area contributed by atoms with Gasteiger partial charge in [-0.15, -0.1) is 0 Å². The molecule has 0 radical (unpaired) electrons. The van der Waals surface area contributed by atoms with Crippen LogP contribution >= 0.6 is 11.6 Å². The van der Waals surface area contributed by atoms with Gasteiger partial charge in [-0.05, 0) is 12.8 Å². The Hall–Kier alpha value is -1.40. The van der Waals surface area contributed by atoms with E-state index in [9.17, 15) is 14.5 Å². The van der Waals surface area contributed by atoms with E-state index in [0.29, 0.717) is 13.2 Å². The van der Waals surface area contributed by atoms with Gasteiger partial charge >= 0.3 is 0 Å². The van der Waals surface area contributed by atoms with Gasteiger partial charge in [-0.1, -0.05) is 11.6 Å². The van der Waals surface area contributed by atoms with Crippen molar-refractivity contribution in [2.24, 2.45) is 0 Å². The highest BCUT2D eigenvalue weighted by Gasteiger charge is 2.17. The molecule has 0 heterocycles. The van der Waals surface area contributed by atoms with Gasteiger partial charge in [-0.25, -0.2) is 4.39 Å². The van der Waals surface area contributed by atoms with Crippen molar-refractivity contribution in [1.82, 2.24) is 0 Å². The highest BCUT2D eigenvalue weighted by Crippen LogP contribution is 2.30. The molecule has 0 aliphatic carbocycles. The number of nitro groups is 1. The third kappa shape index (κ3) is 4.12. The van der Waals surface area contributed by atoms with Gasteiger partial charge in [0.05, 0.1) is 9.95 Å².